The zero-order valence-corrected chi connectivity index (χ0v) is 13.5. The molecule has 1 aliphatic rings. The van der Waals surface area contributed by atoms with Gasteiger partial charge in [0.2, 0.25) is 0 Å². The van der Waals surface area contributed by atoms with Gasteiger partial charge in [-0.15, -0.1) is 0 Å². The molecule has 0 unspecified atom stereocenters. The molecule has 0 N–H and O–H groups in total. The van der Waals surface area contributed by atoms with E-state index in [1.54, 1.807) is 18.2 Å². The molecule has 25 heavy (non-hydrogen) atoms. The maximum Gasteiger partial charge on any atom is 0.433 e. The average molecular weight is 368 g/mol. The number of ether oxygens (including phenoxy) is 2. The predicted octanol–water partition coefficient (Wildman–Crippen LogP) is 3.46. The highest BCUT2D eigenvalue weighted by Crippen LogP contribution is 2.38. The molecular weight excluding hydrogens is 357 g/mol. The summed E-state index contributed by atoms with van der Waals surface area (Å²) in [7, 11) is 0. The van der Waals surface area contributed by atoms with E-state index in [2.05, 4.69) is 15.1 Å². The highest BCUT2D eigenvalue weighted by Gasteiger charge is 2.34. The second kappa shape index (κ2) is 6.10. The molecule has 2 aromatic heterocycles. The largest absolute Gasteiger partial charge is 0.490 e. The van der Waals surface area contributed by atoms with Gasteiger partial charge in [-0.25, -0.2) is 4.98 Å². The van der Waals surface area contributed by atoms with Crippen molar-refractivity contribution in [1.29, 1.82) is 0 Å². The van der Waals surface area contributed by atoms with Crippen molar-refractivity contribution < 1.29 is 22.6 Å². The minimum Gasteiger partial charge on any atom is -0.490 e. The van der Waals surface area contributed by atoms with Gasteiger partial charge in [-0.2, -0.15) is 27.8 Å². The molecule has 10 heteroatoms. The van der Waals surface area contributed by atoms with Gasteiger partial charge in [-0.3, -0.25) is 0 Å². The molecular formula is C15H11F3N4O2S. The van der Waals surface area contributed by atoms with Gasteiger partial charge < -0.3 is 9.47 Å². The van der Waals surface area contributed by atoms with Crippen molar-refractivity contribution in [3.63, 3.8) is 0 Å². The molecule has 0 saturated carbocycles. The topological polar surface area (TPSA) is 61.5 Å². The van der Waals surface area contributed by atoms with Crippen LogP contribution in [0.5, 0.6) is 11.5 Å². The van der Waals surface area contributed by atoms with E-state index in [-0.39, 0.29) is 10.8 Å². The summed E-state index contributed by atoms with van der Waals surface area (Å²) in [5, 5.41) is 4.19. The lowest BCUT2D eigenvalue weighted by Gasteiger charge is -2.11. The summed E-state index contributed by atoms with van der Waals surface area (Å²) in [4.78, 5) is 7.95. The molecule has 0 spiro atoms. The summed E-state index contributed by atoms with van der Waals surface area (Å²) in [5.74, 6) is 1.09. The average Bonchev–Trinajstić information content (AvgIpc) is 2.92. The van der Waals surface area contributed by atoms with Gasteiger partial charge >= 0.3 is 6.18 Å². The fourth-order valence-electron chi connectivity index (χ4n) is 2.33. The van der Waals surface area contributed by atoms with E-state index in [0.29, 0.717) is 29.6 Å². The Morgan fingerprint density at radius 1 is 1.08 bits per heavy atom. The van der Waals surface area contributed by atoms with Crippen LogP contribution < -0.4 is 9.47 Å². The zero-order valence-electron chi connectivity index (χ0n) is 12.7. The lowest BCUT2D eigenvalue weighted by molar-refractivity contribution is -0.141. The fourth-order valence-corrected chi connectivity index (χ4v) is 3.26. The maximum absolute atomic E-state index is 13.0. The van der Waals surface area contributed by atoms with Crippen LogP contribution in [-0.4, -0.2) is 32.8 Å². The minimum absolute atomic E-state index is 0.105. The van der Waals surface area contributed by atoms with Gasteiger partial charge in [0.25, 0.3) is 5.78 Å². The van der Waals surface area contributed by atoms with Crippen LogP contribution in [0.1, 0.15) is 12.1 Å². The molecule has 6 nitrogen and oxygen atoms in total. The molecule has 0 saturated heterocycles. The van der Waals surface area contributed by atoms with Crippen LogP contribution in [0.3, 0.4) is 0 Å². The standard InChI is InChI=1S/C15H11F3N4O2S/c16-15(17,18)12-7-13(22-14(21-12)19-8-20-22)25-9-2-3-10-11(6-9)24-5-1-4-23-10/h2-3,6-8H,1,4-5H2. The van der Waals surface area contributed by atoms with E-state index >= 15 is 0 Å². The number of alkyl halides is 3. The van der Waals surface area contributed by atoms with Crippen molar-refractivity contribution in [2.24, 2.45) is 0 Å². The van der Waals surface area contributed by atoms with E-state index in [1.807, 2.05) is 0 Å². The predicted molar refractivity (Wildman–Crippen MR) is 82.0 cm³/mol. The van der Waals surface area contributed by atoms with Gasteiger partial charge in [0.1, 0.15) is 11.4 Å². The first-order valence-corrected chi connectivity index (χ1v) is 8.18. The van der Waals surface area contributed by atoms with Crippen LogP contribution in [0.2, 0.25) is 0 Å². The Morgan fingerprint density at radius 3 is 2.68 bits per heavy atom. The molecule has 130 valence electrons. The molecule has 1 aromatic carbocycles. The molecule has 3 heterocycles. The lowest BCUT2D eigenvalue weighted by Crippen LogP contribution is -2.10. The van der Waals surface area contributed by atoms with Crippen molar-refractivity contribution in [3.8, 4) is 11.5 Å². The third-order valence-corrected chi connectivity index (χ3v) is 4.44. The molecule has 1 aliphatic heterocycles. The Hall–Kier alpha value is -2.49. The van der Waals surface area contributed by atoms with Crippen molar-refractivity contribution in [2.75, 3.05) is 13.2 Å². The fraction of sp³-hybridized carbons (Fsp3) is 0.267. The Bertz CT molecular complexity index is 929. The number of benzene rings is 1. The van der Waals surface area contributed by atoms with Gasteiger partial charge in [0.05, 0.1) is 13.2 Å². The van der Waals surface area contributed by atoms with Crippen LogP contribution in [0.4, 0.5) is 13.2 Å². The van der Waals surface area contributed by atoms with Crippen LogP contribution in [0.25, 0.3) is 5.78 Å². The van der Waals surface area contributed by atoms with Crippen LogP contribution in [0.15, 0.2) is 40.5 Å². The van der Waals surface area contributed by atoms with E-state index in [1.165, 1.54) is 10.8 Å². The smallest absolute Gasteiger partial charge is 0.433 e. The zero-order chi connectivity index (χ0) is 17.4. The maximum atomic E-state index is 13.0. The molecule has 0 fully saturated rings. The second-order valence-corrected chi connectivity index (χ2v) is 6.30. The van der Waals surface area contributed by atoms with Gasteiger partial charge in [0.15, 0.2) is 17.2 Å². The molecule has 4 rings (SSSR count). The van der Waals surface area contributed by atoms with E-state index in [4.69, 9.17) is 9.47 Å². The normalized spacial score (nSPS) is 14.5. The van der Waals surface area contributed by atoms with Crippen LogP contribution in [0, 0.1) is 0 Å². The minimum atomic E-state index is -4.56. The summed E-state index contributed by atoms with van der Waals surface area (Å²) >= 11 is 1.12. The van der Waals surface area contributed by atoms with E-state index < -0.39 is 11.9 Å². The van der Waals surface area contributed by atoms with E-state index in [9.17, 15) is 13.2 Å². The SMILES string of the molecule is FC(F)(F)c1cc(Sc2ccc3c(c2)OCCCO3)n2ncnc2n1. The first-order valence-electron chi connectivity index (χ1n) is 7.36. The number of halogens is 3. The summed E-state index contributed by atoms with van der Waals surface area (Å²) < 4.78 is 51.6. The summed E-state index contributed by atoms with van der Waals surface area (Å²) in [5.41, 5.74) is -1.01. The summed E-state index contributed by atoms with van der Waals surface area (Å²) in [6.07, 6.45) is -2.62. The Morgan fingerprint density at radius 2 is 1.88 bits per heavy atom. The Balaban J connectivity index is 1.73. The lowest BCUT2D eigenvalue weighted by atomic mass is 10.3. The summed E-state index contributed by atoms with van der Waals surface area (Å²) in [6, 6.07) is 6.19. The van der Waals surface area contributed by atoms with Crippen molar-refractivity contribution in [1.82, 2.24) is 19.6 Å². The monoisotopic (exact) mass is 368 g/mol. The number of nitrogens with zero attached hydrogens (tertiary/aromatic N) is 4. The molecule has 0 aliphatic carbocycles. The van der Waals surface area contributed by atoms with Crippen molar-refractivity contribution >= 4 is 17.5 Å². The number of hydrogen-bond acceptors (Lipinski definition) is 6. The van der Waals surface area contributed by atoms with Crippen LogP contribution in [-0.2, 0) is 6.18 Å². The summed E-state index contributed by atoms with van der Waals surface area (Å²) in [6.45, 7) is 1.10. The Kier molecular flexibility index (Phi) is 3.91. The van der Waals surface area contributed by atoms with Gasteiger partial charge in [-0.1, -0.05) is 11.8 Å². The van der Waals surface area contributed by atoms with Gasteiger partial charge in [0, 0.05) is 17.4 Å². The van der Waals surface area contributed by atoms with Gasteiger partial charge in [-0.05, 0) is 18.2 Å². The van der Waals surface area contributed by atoms with E-state index in [0.717, 1.165) is 24.2 Å². The highest BCUT2D eigenvalue weighted by atomic mass is 32.2. The number of rotatable bonds is 2. The number of hydrogen-bond donors (Lipinski definition) is 0. The Labute approximate surface area is 144 Å². The third kappa shape index (κ3) is 3.21. The second-order valence-electron chi connectivity index (χ2n) is 5.21. The first kappa shape index (κ1) is 16.0. The molecule has 0 radical (unpaired) electrons. The molecule has 0 atom stereocenters. The third-order valence-electron chi connectivity index (χ3n) is 3.45. The molecule has 0 amide bonds. The number of aromatic nitrogens is 4. The van der Waals surface area contributed by atoms with Crippen molar-refractivity contribution in [2.45, 2.75) is 22.5 Å². The van der Waals surface area contributed by atoms with Crippen molar-refractivity contribution in [3.05, 3.63) is 36.3 Å². The molecule has 3 aromatic rings. The van der Waals surface area contributed by atoms with Crippen LogP contribution >= 0.6 is 11.8 Å². The molecule has 0 bridgehead atoms. The number of fused-ring (bicyclic) bond motifs is 2. The quantitative estimate of drug-likeness (QED) is 0.646. The first-order chi connectivity index (χ1) is 12.0. The highest BCUT2D eigenvalue weighted by molar-refractivity contribution is 7.99.